The monoisotopic (exact) mass is 372 g/mol. The van der Waals surface area contributed by atoms with Crippen LogP contribution in [0.2, 0.25) is 0 Å². The van der Waals surface area contributed by atoms with E-state index in [4.69, 9.17) is 9.84 Å². The van der Waals surface area contributed by atoms with Crippen LogP contribution in [-0.2, 0) is 6.42 Å². The molecule has 0 aliphatic rings. The van der Waals surface area contributed by atoms with E-state index in [0.29, 0.717) is 5.56 Å². The van der Waals surface area contributed by atoms with E-state index in [1.54, 1.807) is 19.2 Å². The molecule has 3 heteroatoms. The second kappa shape index (κ2) is 9.05. The standard InChI is InChI=1S/C25H24O3/c1-18-10-14-20(15-11-18)22-8-5-9-24(28-2)23(22)7-4-3-6-19-12-16-21(17-13-19)25(26)27/h4-5,7-17H,3,6H2,1-2H3,(H,26,27)/b7-4+. The van der Waals surface area contributed by atoms with Crippen LogP contribution >= 0.6 is 0 Å². The summed E-state index contributed by atoms with van der Waals surface area (Å²) in [5, 5.41) is 8.98. The second-order valence-electron chi connectivity index (χ2n) is 6.73. The van der Waals surface area contributed by atoms with Gasteiger partial charge in [-0.15, -0.1) is 0 Å². The molecule has 0 radical (unpaired) electrons. The number of carboxylic acid groups (broad SMARTS) is 1. The first-order valence-corrected chi connectivity index (χ1v) is 9.31. The molecule has 3 aromatic rings. The fourth-order valence-electron chi connectivity index (χ4n) is 3.14. The maximum atomic E-state index is 10.9. The van der Waals surface area contributed by atoms with E-state index in [9.17, 15) is 4.79 Å². The lowest BCUT2D eigenvalue weighted by molar-refractivity contribution is 0.0697. The highest BCUT2D eigenvalue weighted by molar-refractivity contribution is 5.87. The van der Waals surface area contributed by atoms with Crippen molar-refractivity contribution in [3.05, 3.63) is 95.1 Å². The summed E-state index contributed by atoms with van der Waals surface area (Å²) in [5.41, 5.74) is 6.03. The van der Waals surface area contributed by atoms with Crippen molar-refractivity contribution in [1.29, 1.82) is 0 Å². The smallest absolute Gasteiger partial charge is 0.335 e. The second-order valence-corrected chi connectivity index (χ2v) is 6.73. The minimum absolute atomic E-state index is 0.316. The van der Waals surface area contributed by atoms with Gasteiger partial charge >= 0.3 is 5.97 Å². The number of hydrogen-bond acceptors (Lipinski definition) is 2. The zero-order valence-electron chi connectivity index (χ0n) is 16.2. The van der Waals surface area contributed by atoms with Crippen LogP contribution in [0.3, 0.4) is 0 Å². The van der Waals surface area contributed by atoms with Gasteiger partial charge < -0.3 is 9.84 Å². The maximum absolute atomic E-state index is 10.9. The molecule has 0 spiro atoms. The third-order valence-electron chi connectivity index (χ3n) is 4.73. The summed E-state index contributed by atoms with van der Waals surface area (Å²) in [5.74, 6) is -0.0496. The number of ether oxygens (including phenoxy) is 1. The van der Waals surface area contributed by atoms with E-state index in [2.05, 4.69) is 49.4 Å². The van der Waals surface area contributed by atoms with Gasteiger partial charge in [-0.2, -0.15) is 0 Å². The molecule has 3 aromatic carbocycles. The van der Waals surface area contributed by atoms with Gasteiger partial charge in [0.1, 0.15) is 5.75 Å². The van der Waals surface area contributed by atoms with Crippen LogP contribution in [0.1, 0.15) is 33.5 Å². The predicted molar refractivity (Wildman–Crippen MR) is 114 cm³/mol. The molecule has 1 N–H and O–H groups in total. The average Bonchev–Trinajstić information content (AvgIpc) is 2.72. The van der Waals surface area contributed by atoms with E-state index in [1.165, 1.54) is 5.56 Å². The molecule has 0 saturated carbocycles. The maximum Gasteiger partial charge on any atom is 0.335 e. The topological polar surface area (TPSA) is 46.5 Å². The van der Waals surface area contributed by atoms with Gasteiger partial charge in [-0.05, 0) is 54.7 Å². The molecule has 0 aliphatic heterocycles. The summed E-state index contributed by atoms with van der Waals surface area (Å²) in [6.07, 6.45) is 5.96. The van der Waals surface area contributed by atoms with Crippen LogP contribution < -0.4 is 4.74 Å². The summed E-state index contributed by atoms with van der Waals surface area (Å²) < 4.78 is 5.58. The van der Waals surface area contributed by atoms with Gasteiger partial charge in [0, 0.05) is 5.56 Å². The van der Waals surface area contributed by atoms with Crippen LogP contribution in [0.15, 0.2) is 72.8 Å². The van der Waals surface area contributed by atoms with Crippen LogP contribution in [0.5, 0.6) is 5.75 Å². The summed E-state index contributed by atoms with van der Waals surface area (Å²) in [7, 11) is 1.69. The Morgan fingerprint density at radius 1 is 1.00 bits per heavy atom. The van der Waals surface area contributed by atoms with Gasteiger partial charge in [0.15, 0.2) is 0 Å². The molecular formula is C25H24O3. The lowest BCUT2D eigenvalue weighted by Crippen LogP contribution is -1.95. The molecule has 0 saturated heterocycles. The molecule has 0 aliphatic carbocycles. The van der Waals surface area contributed by atoms with Gasteiger partial charge in [-0.3, -0.25) is 0 Å². The van der Waals surface area contributed by atoms with Crippen LogP contribution in [0.25, 0.3) is 17.2 Å². The molecule has 3 nitrogen and oxygen atoms in total. The lowest BCUT2D eigenvalue weighted by Gasteiger charge is -2.11. The fraction of sp³-hybridized carbons (Fsp3) is 0.160. The number of rotatable bonds is 7. The highest BCUT2D eigenvalue weighted by Crippen LogP contribution is 2.32. The highest BCUT2D eigenvalue weighted by atomic mass is 16.5. The summed E-state index contributed by atoms with van der Waals surface area (Å²) >= 11 is 0. The van der Waals surface area contributed by atoms with Gasteiger partial charge in [0.05, 0.1) is 12.7 Å². The SMILES string of the molecule is COc1cccc(-c2ccc(C)cc2)c1/C=C/CCc1ccc(C(=O)O)cc1. The normalized spacial score (nSPS) is 10.9. The van der Waals surface area contributed by atoms with E-state index >= 15 is 0 Å². The van der Waals surface area contributed by atoms with Crippen molar-refractivity contribution in [2.75, 3.05) is 7.11 Å². The van der Waals surface area contributed by atoms with E-state index < -0.39 is 5.97 Å². The molecule has 3 rings (SSSR count). The van der Waals surface area contributed by atoms with Crippen LogP contribution in [0, 0.1) is 6.92 Å². The number of aromatic carboxylic acids is 1. The van der Waals surface area contributed by atoms with Crippen molar-refractivity contribution in [3.8, 4) is 16.9 Å². The zero-order valence-corrected chi connectivity index (χ0v) is 16.2. The Balaban J connectivity index is 1.77. The highest BCUT2D eigenvalue weighted by Gasteiger charge is 2.08. The first kappa shape index (κ1) is 19.4. The lowest BCUT2D eigenvalue weighted by atomic mass is 9.97. The van der Waals surface area contributed by atoms with Crippen molar-refractivity contribution in [2.24, 2.45) is 0 Å². The minimum Gasteiger partial charge on any atom is -0.496 e. The van der Waals surface area contributed by atoms with Gasteiger partial charge in [0.25, 0.3) is 0 Å². The minimum atomic E-state index is -0.897. The van der Waals surface area contributed by atoms with Crippen molar-refractivity contribution in [3.63, 3.8) is 0 Å². The molecule has 0 unspecified atom stereocenters. The third-order valence-corrected chi connectivity index (χ3v) is 4.73. The largest absolute Gasteiger partial charge is 0.496 e. The van der Waals surface area contributed by atoms with Gasteiger partial charge in [-0.1, -0.05) is 66.2 Å². The Hall–Kier alpha value is -3.33. The molecule has 0 atom stereocenters. The zero-order chi connectivity index (χ0) is 19.9. The Morgan fingerprint density at radius 3 is 2.36 bits per heavy atom. The molecule has 28 heavy (non-hydrogen) atoms. The molecular weight excluding hydrogens is 348 g/mol. The Kier molecular flexibility index (Phi) is 6.28. The fourth-order valence-corrected chi connectivity index (χ4v) is 3.14. The average molecular weight is 372 g/mol. The van der Waals surface area contributed by atoms with E-state index in [1.807, 2.05) is 24.3 Å². The Labute approximate surface area is 165 Å². The molecule has 0 amide bonds. The number of carboxylic acids is 1. The molecule has 0 fully saturated rings. The van der Waals surface area contributed by atoms with Gasteiger partial charge in [-0.25, -0.2) is 4.79 Å². The van der Waals surface area contributed by atoms with Crippen molar-refractivity contribution in [2.45, 2.75) is 19.8 Å². The first-order valence-electron chi connectivity index (χ1n) is 9.31. The molecule has 142 valence electrons. The number of allylic oxidation sites excluding steroid dienone is 1. The molecule has 0 heterocycles. The Bertz CT molecular complexity index is 968. The Morgan fingerprint density at radius 2 is 1.71 bits per heavy atom. The van der Waals surface area contributed by atoms with E-state index in [-0.39, 0.29) is 0 Å². The summed E-state index contributed by atoms with van der Waals surface area (Å²) in [4.78, 5) is 10.9. The van der Waals surface area contributed by atoms with Gasteiger partial charge in [0.2, 0.25) is 0 Å². The van der Waals surface area contributed by atoms with Crippen molar-refractivity contribution in [1.82, 2.24) is 0 Å². The third kappa shape index (κ3) is 4.68. The number of aryl methyl sites for hydroxylation is 2. The quantitative estimate of drug-likeness (QED) is 0.552. The molecule has 0 aromatic heterocycles. The van der Waals surface area contributed by atoms with Crippen molar-refractivity contribution >= 4 is 12.0 Å². The van der Waals surface area contributed by atoms with Crippen molar-refractivity contribution < 1.29 is 14.6 Å². The number of methoxy groups -OCH3 is 1. The van der Waals surface area contributed by atoms with Crippen LogP contribution in [0.4, 0.5) is 0 Å². The van der Waals surface area contributed by atoms with Crippen LogP contribution in [-0.4, -0.2) is 18.2 Å². The summed E-state index contributed by atoms with van der Waals surface area (Å²) in [6.45, 7) is 2.08. The predicted octanol–water partition coefficient (Wildman–Crippen LogP) is 6.01. The molecule has 0 bridgehead atoms. The number of carbonyl (C=O) groups is 1. The summed E-state index contributed by atoms with van der Waals surface area (Å²) in [6, 6.07) is 21.6. The number of benzene rings is 3. The first-order chi connectivity index (χ1) is 13.6. The van der Waals surface area contributed by atoms with E-state index in [0.717, 1.165) is 40.8 Å². The number of hydrogen-bond donors (Lipinski definition) is 1.